The molecule has 0 aliphatic carbocycles. The Labute approximate surface area is 213 Å². The van der Waals surface area contributed by atoms with Crippen LogP contribution in [0.3, 0.4) is 0 Å². The van der Waals surface area contributed by atoms with Crippen molar-refractivity contribution in [3.05, 3.63) is 107 Å². The first-order valence-electron chi connectivity index (χ1n) is 10.2. The van der Waals surface area contributed by atoms with E-state index in [1.54, 1.807) is 93.2 Å². The molecule has 3 aromatic carbocycles. The zero-order chi connectivity index (χ0) is 25.3. The van der Waals surface area contributed by atoms with Crippen LogP contribution in [0.1, 0.15) is 0 Å². The van der Waals surface area contributed by atoms with Gasteiger partial charge in [0.25, 0.3) is 0 Å². The second kappa shape index (κ2) is 12.4. The number of rotatable bonds is 7. The van der Waals surface area contributed by atoms with Gasteiger partial charge in [0, 0.05) is 11.1 Å². The van der Waals surface area contributed by atoms with Crippen LogP contribution < -0.4 is 28.0 Å². The Balaban J connectivity index is 0.000000363. The van der Waals surface area contributed by atoms with Crippen LogP contribution in [-0.4, -0.2) is 14.2 Å². The molecular weight excluding hydrogens is 512 g/mol. The van der Waals surface area contributed by atoms with Gasteiger partial charge < -0.3 is 23.6 Å². The van der Waals surface area contributed by atoms with Crippen molar-refractivity contribution in [1.29, 1.82) is 0 Å². The molecule has 0 bridgehead atoms. The molecule has 0 saturated carbocycles. The number of halogens is 2. The summed E-state index contributed by atoms with van der Waals surface area (Å²) < 4.78 is 36.7. The van der Waals surface area contributed by atoms with E-state index in [0.29, 0.717) is 33.0 Å². The van der Waals surface area contributed by atoms with Gasteiger partial charge in [-0.3, -0.25) is 0 Å². The molecule has 0 saturated heterocycles. The van der Waals surface area contributed by atoms with Gasteiger partial charge >= 0.3 is 7.75 Å². The van der Waals surface area contributed by atoms with Crippen LogP contribution in [-0.2, 0) is 4.57 Å². The number of methoxy groups -OCH3 is 2. The molecule has 4 rings (SSSR count). The lowest BCUT2D eigenvalue weighted by atomic mass is 10.3. The highest BCUT2D eigenvalue weighted by Gasteiger charge is 2.42. The van der Waals surface area contributed by atoms with E-state index in [1.807, 2.05) is 0 Å². The molecular formula is C25H22Cl2NO6P. The summed E-state index contributed by atoms with van der Waals surface area (Å²) in [5, 5.41) is 11.4. The topological polar surface area (TPSA) is 80.9 Å². The molecule has 0 radical (unpaired) electrons. The van der Waals surface area contributed by atoms with Gasteiger partial charge in [-0.1, -0.05) is 39.7 Å². The molecule has 182 valence electrons. The van der Waals surface area contributed by atoms with Crippen LogP contribution in [0.25, 0.3) is 0 Å². The fourth-order valence-corrected chi connectivity index (χ4v) is 4.56. The van der Waals surface area contributed by atoms with E-state index >= 15 is 0 Å². The molecule has 4 aromatic rings. The Morgan fingerprint density at radius 1 is 0.686 bits per heavy atom. The van der Waals surface area contributed by atoms with E-state index < -0.39 is 7.75 Å². The van der Waals surface area contributed by atoms with Gasteiger partial charge in [0.05, 0.1) is 14.2 Å². The Morgan fingerprint density at radius 3 is 1.54 bits per heavy atom. The minimum Gasteiger partial charge on any atom is -0.872 e. The summed E-state index contributed by atoms with van der Waals surface area (Å²) in [6.07, 6.45) is 3.05. The molecule has 0 aliphatic rings. The largest absolute Gasteiger partial charge is 0.872 e. The molecule has 0 fully saturated rings. The van der Waals surface area contributed by atoms with Crippen molar-refractivity contribution >= 4 is 30.9 Å². The van der Waals surface area contributed by atoms with E-state index in [-0.39, 0.29) is 5.75 Å². The number of nitrogens with zero attached hydrogens (tertiary/aromatic N) is 1. The Kier molecular flexibility index (Phi) is 9.26. The first-order valence-corrected chi connectivity index (χ1v) is 12.4. The van der Waals surface area contributed by atoms with Gasteiger partial charge in [-0.15, -0.1) is 5.75 Å². The van der Waals surface area contributed by atoms with Crippen LogP contribution in [0.5, 0.6) is 28.7 Å². The van der Waals surface area contributed by atoms with Gasteiger partial charge in [0.15, 0.2) is 12.4 Å². The normalized spacial score (nSPS) is 10.5. The first kappa shape index (κ1) is 26.2. The standard InChI is InChI=1S/C19H18ClNO5P.C6H5ClO/c1-23-16-5-9-18(10-6-16)25-27(22,21-13-3-4-15(20)14-21)26-19-11-7-17(24-2)8-12-19;7-5-1-3-6(8)4-2-5/h3-14H,1-2H3;1-4,8H/q+1;/p-1. The lowest BCUT2D eigenvalue weighted by Crippen LogP contribution is -2.35. The van der Waals surface area contributed by atoms with Gasteiger partial charge in [-0.2, -0.15) is 4.57 Å². The summed E-state index contributed by atoms with van der Waals surface area (Å²) in [4.78, 5) is 0. The quantitative estimate of drug-likeness (QED) is 0.264. The van der Waals surface area contributed by atoms with E-state index in [1.165, 1.54) is 22.7 Å². The highest BCUT2D eigenvalue weighted by Crippen LogP contribution is 2.44. The maximum Gasteiger partial charge on any atom is 0.728 e. The number of pyridine rings is 1. The second-order valence-corrected chi connectivity index (χ2v) is 9.50. The second-order valence-electron chi connectivity index (χ2n) is 6.86. The van der Waals surface area contributed by atoms with Crippen LogP contribution in [0.4, 0.5) is 0 Å². The van der Waals surface area contributed by atoms with Crippen LogP contribution in [0.2, 0.25) is 10.0 Å². The summed E-state index contributed by atoms with van der Waals surface area (Å²) in [6.45, 7) is 0. The van der Waals surface area contributed by atoms with Crippen LogP contribution in [0, 0.1) is 0 Å². The van der Waals surface area contributed by atoms with Crippen molar-refractivity contribution in [3.8, 4) is 28.7 Å². The summed E-state index contributed by atoms with van der Waals surface area (Å²) in [5.74, 6) is 2.03. The molecule has 0 atom stereocenters. The summed E-state index contributed by atoms with van der Waals surface area (Å²) >= 11 is 11.5. The SMILES string of the molecule is COc1ccc(OP(=O)(Oc2ccc(OC)cc2)[n+]2cccc(Cl)c2)cc1.[O-]c1ccc(Cl)cc1. The molecule has 0 amide bonds. The summed E-state index contributed by atoms with van der Waals surface area (Å²) in [6, 6.07) is 22.7. The van der Waals surface area contributed by atoms with Crippen molar-refractivity contribution < 1.29 is 32.5 Å². The summed E-state index contributed by atoms with van der Waals surface area (Å²) in [5.41, 5.74) is 0. The maximum absolute atomic E-state index is 13.6. The van der Waals surface area contributed by atoms with E-state index in [9.17, 15) is 9.67 Å². The lowest BCUT2D eigenvalue weighted by Gasteiger charge is -2.14. The molecule has 1 heterocycles. The predicted molar refractivity (Wildman–Crippen MR) is 133 cm³/mol. The highest BCUT2D eigenvalue weighted by atomic mass is 35.5. The number of aromatic nitrogens is 1. The molecule has 35 heavy (non-hydrogen) atoms. The zero-order valence-corrected chi connectivity index (χ0v) is 21.2. The predicted octanol–water partition coefficient (Wildman–Crippen LogP) is 6.17. The minimum absolute atomic E-state index is 0.00519. The highest BCUT2D eigenvalue weighted by molar-refractivity contribution is 7.47. The Hall–Kier alpha value is -3.38. The molecule has 0 aliphatic heterocycles. The van der Waals surface area contributed by atoms with Crippen molar-refractivity contribution in [2.75, 3.05) is 14.2 Å². The van der Waals surface area contributed by atoms with E-state index in [2.05, 4.69) is 0 Å². The first-order chi connectivity index (χ1) is 16.8. The molecule has 0 N–H and O–H groups in total. The Morgan fingerprint density at radius 2 is 1.14 bits per heavy atom. The monoisotopic (exact) mass is 533 g/mol. The third-order valence-electron chi connectivity index (χ3n) is 4.41. The fourth-order valence-electron chi connectivity index (χ4n) is 2.68. The van der Waals surface area contributed by atoms with E-state index in [4.69, 9.17) is 41.7 Å². The van der Waals surface area contributed by atoms with Crippen molar-refractivity contribution in [2.45, 2.75) is 0 Å². The zero-order valence-electron chi connectivity index (χ0n) is 18.8. The van der Waals surface area contributed by atoms with Crippen molar-refractivity contribution in [1.82, 2.24) is 0 Å². The Bertz CT molecular complexity index is 1190. The average Bonchev–Trinajstić information content (AvgIpc) is 2.87. The smallest absolute Gasteiger partial charge is 0.728 e. The molecule has 7 nitrogen and oxygen atoms in total. The molecule has 0 spiro atoms. The average molecular weight is 534 g/mol. The number of ether oxygens (including phenoxy) is 2. The van der Waals surface area contributed by atoms with Crippen LogP contribution in [0.15, 0.2) is 97.3 Å². The third-order valence-corrected chi connectivity index (χ3v) is 6.58. The summed E-state index contributed by atoms with van der Waals surface area (Å²) in [7, 11) is -0.709. The fraction of sp³-hybridized carbons (Fsp3) is 0.0800. The van der Waals surface area contributed by atoms with Crippen molar-refractivity contribution in [3.63, 3.8) is 0 Å². The lowest BCUT2D eigenvalue weighted by molar-refractivity contribution is -0.536. The minimum atomic E-state index is -3.84. The number of hydrogen-bond acceptors (Lipinski definition) is 6. The van der Waals surface area contributed by atoms with E-state index in [0.717, 1.165) is 0 Å². The van der Waals surface area contributed by atoms with Gasteiger partial charge in [0.1, 0.15) is 28.0 Å². The number of hydrogen-bond donors (Lipinski definition) is 0. The maximum atomic E-state index is 13.6. The molecule has 10 heteroatoms. The number of benzene rings is 3. The van der Waals surface area contributed by atoms with Crippen LogP contribution >= 0.6 is 30.9 Å². The molecule has 0 unspecified atom stereocenters. The van der Waals surface area contributed by atoms with Gasteiger partial charge in [-0.25, -0.2) is 0 Å². The third kappa shape index (κ3) is 7.82. The van der Waals surface area contributed by atoms with Crippen molar-refractivity contribution in [2.24, 2.45) is 0 Å². The van der Waals surface area contributed by atoms with Gasteiger partial charge in [0.2, 0.25) is 0 Å². The molecule has 1 aromatic heterocycles. The van der Waals surface area contributed by atoms with Gasteiger partial charge in [-0.05, 0) is 66.7 Å².